The molecule has 0 saturated heterocycles. The molecule has 0 aromatic heterocycles. The van der Waals surface area contributed by atoms with Crippen LogP contribution >= 0.6 is 0 Å². The molecule has 0 heterocycles. The molecule has 3 aromatic carbocycles. The molecule has 0 aliphatic heterocycles. The summed E-state index contributed by atoms with van der Waals surface area (Å²) in [6, 6.07) is 25.3. The Morgan fingerprint density at radius 3 is 1.72 bits per heavy atom. The van der Waals surface area contributed by atoms with Gasteiger partial charge < -0.3 is 19.0 Å². The third-order valence-electron chi connectivity index (χ3n) is 9.11. The zero-order chi connectivity index (χ0) is 34.1. The number of ether oxygens (including phenoxy) is 2. The van der Waals surface area contributed by atoms with E-state index >= 15 is 0 Å². The summed E-state index contributed by atoms with van der Waals surface area (Å²) in [5.41, 5.74) is 4.75. The maximum Gasteiger partial charge on any atom is 0.306 e. The maximum atomic E-state index is 12.2. The first kappa shape index (κ1) is 38.7. The van der Waals surface area contributed by atoms with Gasteiger partial charge in [-0.25, -0.2) is 0 Å². The molecule has 3 aromatic rings. The van der Waals surface area contributed by atoms with E-state index in [4.69, 9.17) is 13.9 Å². The summed E-state index contributed by atoms with van der Waals surface area (Å²) in [6.45, 7) is 14.6. The van der Waals surface area contributed by atoms with Crippen molar-refractivity contribution >= 4 is 24.7 Å². The summed E-state index contributed by atoms with van der Waals surface area (Å²) in [6.07, 6.45) is 10.0. The number of rotatable bonds is 21. The van der Waals surface area contributed by atoms with Crippen molar-refractivity contribution in [1.29, 1.82) is 0 Å². The predicted octanol–water partition coefficient (Wildman–Crippen LogP) is 8.51. The highest BCUT2D eigenvalue weighted by Gasteiger charge is 2.50. The molecule has 258 valence electrons. The largest absolute Gasteiger partial charge is 0.461 e. The molecule has 0 fully saturated rings. The van der Waals surface area contributed by atoms with Gasteiger partial charge >= 0.3 is 5.97 Å². The van der Waals surface area contributed by atoms with Crippen LogP contribution in [0.15, 0.2) is 72.8 Å². The second kappa shape index (κ2) is 19.9. The van der Waals surface area contributed by atoms with Gasteiger partial charge in [0.25, 0.3) is 8.32 Å². The van der Waals surface area contributed by atoms with Gasteiger partial charge in [-0.15, -0.1) is 0 Å². The highest BCUT2D eigenvalue weighted by atomic mass is 28.4. The summed E-state index contributed by atoms with van der Waals surface area (Å²) in [4.78, 5) is 12.2. The summed E-state index contributed by atoms with van der Waals surface area (Å²) in [5.74, 6) is -0.0918. The lowest BCUT2D eigenvalue weighted by atomic mass is 10.0. The number of aliphatic hydroxyl groups is 1. The van der Waals surface area contributed by atoms with Crippen molar-refractivity contribution in [3.8, 4) is 0 Å². The maximum absolute atomic E-state index is 12.2. The Morgan fingerprint density at radius 1 is 0.723 bits per heavy atom. The Hall–Kier alpha value is -2.77. The monoisotopic (exact) mass is 660 g/mol. The number of aryl methyl sites for hydroxylation is 3. The molecule has 0 bridgehead atoms. The van der Waals surface area contributed by atoms with Crippen LogP contribution in [0.25, 0.3) is 0 Å². The topological polar surface area (TPSA) is 65.0 Å². The minimum Gasteiger partial charge on any atom is -0.461 e. The molecule has 1 N–H and O–H groups in total. The molecule has 0 unspecified atom stereocenters. The van der Waals surface area contributed by atoms with Gasteiger partial charge in [-0.05, 0) is 65.7 Å². The highest BCUT2D eigenvalue weighted by Crippen LogP contribution is 2.36. The second-order valence-electron chi connectivity index (χ2n) is 14.2. The second-order valence-corrected chi connectivity index (χ2v) is 18.5. The molecule has 1 atom stereocenters. The third-order valence-corrected chi connectivity index (χ3v) is 14.1. The average Bonchev–Trinajstić information content (AvgIpc) is 3.03. The zero-order valence-electron chi connectivity index (χ0n) is 30.0. The van der Waals surface area contributed by atoms with E-state index in [9.17, 15) is 9.90 Å². The van der Waals surface area contributed by atoms with E-state index in [0.29, 0.717) is 19.6 Å². The molecule has 0 aliphatic rings. The quantitative estimate of drug-likeness (QED) is 0.0705. The van der Waals surface area contributed by atoms with E-state index in [0.717, 1.165) is 31.2 Å². The number of benzene rings is 3. The molecule has 0 aliphatic carbocycles. The van der Waals surface area contributed by atoms with E-state index in [2.05, 4.69) is 102 Å². The summed E-state index contributed by atoms with van der Waals surface area (Å²) < 4.78 is 18.2. The Labute approximate surface area is 286 Å². The van der Waals surface area contributed by atoms with Crippen LogP contribution in [-0.4, -0.2) is 45.3 Å². The standard InChI is InChI=1S/C41H60O5Si/c1-33-28-34(2)39(35(3)29-33)32-45-40(43)26-20-12-10-8-7-9-11-13-21-27-44-30-36(42)31-46-47(41(4,5)6,37-22-16-14-17-23-37)38-24-18-15-19-25-38/h14-19,22-25,28-29,36,42H,7-13,20-21,26-27,30-32H2,1-6H3/t36-/m1/s1. The molecular formula is C41H60O5Si. The molecule has 6 heteroatoms. The lowest BCUT2D eigenvalue weighted by molar-refractivity contribution is -0.145. The summed E-state index contributed by atoms with van der Waals surface area (Å²) >= 11 is 0. The molecule has 0 amide bonds. The van der Waals surface area contributed by atoms with Gasteiger partial charge in [-0.1, -0.05) is 144 Å². The van der Waals surface area contributed by atoms with Crippen LogP contribution in [0.1, 0.15) is 107 Å². The normalized spacial score (nSPS) is 12.7. The number of aliphatic hydroxyl groups excluding tert-OH is 1. The fourth-order valence-corrected chi connectivity index (χ4v) is 11.2. The van der Waals surface area contributed by atoms with Crippen LogP contribution in [0.4, 0.5) is 0 Å². The number of hydrogen-bond donors (Lipinski definition) is 1. The van der Waals surface area contributed by atoms with Crippen LogP contribution < -0.4 is 10.4 Å². The molecule has 5 nitrogen and oxygen atoms in total. The highest BCUT2D eigenvalue weighted by molar-refractivity contribution is 6.99. The van der Waals surface area contributed by atoms with Gasteiger partial charge in [0.15, 0.2) is 0 Å². The molecule has 47 heavy (non-hydrogen) atoms. The van der Waals surface area contributed by atoms with Crippen molar-refractivity contribution < 1.29 is 23.8 Å². The Kier molecular flexibility index (Phi) is 16.4. The van der Waals surface area contributed by atoms with E-state index in [1.807, 2.05) is 12.1 Å². The van der Waals surface area contributed by atoms with Gasteiger partial charge in [-0.3, -0.25) is 4.79 Å². The number of unbranched alkanes of at least 4 members (excludes halogenated alkanes) is 8. The molecule has 0 spiro atoms. The van der Waals surface area contributed by atoms with Crippen molar-refractivity contribution in [2.45, 2.75) is 123 Å². The van der Waals surface area contributed by atoms with Crippen molar-refractivity contribution in [2.75, 3.05) is 19.8 Å². The number of hydrogen-bond acceptors (Lipinski definition) is 5. The van der Waals surface area contributed by atoms with Gasteiger partial charge in [-0.2, -0.15) is 0 Å². The average molecular weight is 661 g/mol. The smallest absolute Gasteiger partial charge is 0.306 e. The SMILES string of the molecule is Cc1cc(C)c(COC(=O)CCCCCCCCCCCOC[C@@H](O)CO[Si](c2ccccc2)(c2ccccc2)C(C)(C)C)c(C)c1. The van der Waals surface area contributed by atoms with Gasteiger partial charge in [0.2, 0.25) is 0 Å². The molecular weight excluding hydrogens is 601 g/mol. The Balaban J connectivity index is 1.23. The number of esters is 1. The fourth-order valence-electron chi connectivity index (χ4n) is 6.62. The van der Waals surface area contributed by atoms with E-state index in [1.54, 1.807) is 0 Å². The lowest BCUT2D eigenvalue weighted by Crippen LogP contribution is -2.67. The first-order chi connectivity index (χ1) is 22.5. The fraction of sp³-hybridized carbons (Fsp3) is 0.537. The number of carbonyl (C=O) groups excluding carboxylic acids is 1. The van der Waals surface area contributed by atoms with E-state index in [1.165, 1.54) is 59.2 Å². The van der Waals surface area contributed by atoms with Crippen LogP contribution in [0, 0.1) is 20.8 Å². The van der Waals surface area contributed by atoms with Crippen LogP contribution in [0.5, 0.6) is 0 Å². The molecule has 3 rings (SSSR count). The minimum atomic E-state index is -2.66. The van der Waals surface area contributed by atoms with E-state index < -0.39 is 14.4 Å². The first-order valence-electron chi connectivity index (χ1n) is 17.8. The molecule has 0 radical (unpaired) electrons. The zero-order valence-corrected chi connectivity index (χ0v) is 31.0. The van der Waals surface area contributed by atoms with Crippen LogP contribution in [-0.2, 0) is 25.3 Å². The summed E-state index contributed by atoms with van der Waals surface area (Å²) in [7, 11) is -2.66. The molecule has 0 saturated carbocycles. The summed E-state index contributed by atoms with van der Waals surface area (Å²) in [5, 5.41) is 13.1. The lowest BCUT2D eigenvalue weighted by Gasteiger charge is -2.43. The Bertz CT molecular complexity index is 1260. The van der Waals surface area contributed by atoms with Crippen molar-refractivity contribution in [1.82, 2.24) is 0 Å². The van der Waals surface area contributed by atoms with Gasteiger partial charge in [0.05, 0.1) is 19.3 Å². The minimum absolute atomic E-state index is 0.0918. The Morgan fingerprint density at radius 2 is 1.21 bits per heavy atom. The van der Waals surface area contributed by atoms with Gasteiger partial charge in [0, 0.05) is 13.0 Å². The first-order valence-corrected chi connectivity index (χ1v) is 19.7. The number of carbonyl (C=O) groups is 1. The predicted molar refractivity (Wildman–Crippen MR) is 197 cm³/mol. The third kappa shape index (κ3) is 12.3. The van der Waals surface area contributed by atoms with Crippen molar-refractivity contribution in [2.24, 2.45) is 0 Å². The van der Waals surface area contributed by atoms with E-state index in [-0.39, 0.29) is 24.2 Å². The van der Waals surface area contributed by atoms with Crippen LogP contribution in [0.3, 0.4) is 0 Å². The van der Waals surface area contributed by atoms with Crippen LogP contribution in [0.2, 0.25) is 5.04 Å². The van der Waals surface area contributed by atoms with Crippen molar-refractivity contribution in [3.05, 3.63) is 95.1 Å². The van der Waals surface area contributed by atoms with Gasteiger partial charge in [0.1, 0.15) is 6.61 Å². The van der Waals surface area contributed by atoms with Crippen molar-refractivity contribution in [3.63, 3.8) is 0 Å².